The largest absolute Gasteiger partial charge is 0.493 e. The summed E-state index contributed by atoms with van der Waals surface area (Å²) in [6, 6.07) is 3.90. The van der Waals surface area contributed by atoms with E-state index in [-0.39, 0.29) is 11.9 Å². The minimum absolute atomic E-state index is 0.0397. The van der Waals surface area contributed by atoms with Crippen molar-refractivity contribution >= 4 is 22.4 Å². The molecule has 1 aliphatic heterocycles. The molecule has 0 unspecified atom stereocenters. The standard InChI is InChI=1S/C19H25N3O4S/c1-24-15-6-4-13(17(25-2)18(15)26-3)5-7-16(23)21-14-8-10-22(12-14)19-20-9-11-27-19/h4,6,9,11,14H,5,7-8,10,12H2,1-3H3,(H,21,23)/t14-/m0/s1. The molecule has 1 aromatic carbocycles. The zero-order chi connectivity index (χ0) is 19.2. The summed E-state index contributed by atoms with van der Waals surface area (Å²) in [5.74, 6) is 1.81. The summed E-state index contributed by atoms with van der Waals surface area (Å²) >= 11 is 1.63. The number of thiazole rings is 1. The zero-order valence-electron chi connectivity index (χ0n) is 15.9. The lowest BCUT2D eigenvalue weighted by molar-refractivity contribution is -0.121. The molecule has 0 aliphatic carbocycles. The molecule has 0 saturated carbocycles. The van der Waals surface area contributed by atoms with E-state index >= 15 is 0 Å². The first-order valence-corrected chi connectivity index (χ1v) is 9.75. The fraction of sp³-hybridized carbons (Fsp3) is 0.474. The van der Waals surface area contributed by atoms with Crippen LogP contribution in [0.2, 0.25) is 0 Å². The molecule has 2 heterocycles. The van der Waals surface area contributed by atoms with Crippen LogP contribution >= 0.6 is 11.3 Å². The van der Waals surface area contributed by atoms with Crippen LogP contribution in [0.15, 0.2) is 23.7 Å². The maximum Gasteiger partial charge on any atom is 0.220 e. The number of nitrogens with zero attached hydrogens (tertiary/aromatic N) is 2. The van der Waals surface area contributed by atoms with Crippen molar-refractivity contribution in [1.82, 2.24) is 10.3 Å². The van der Waals surface area contributed by atoms with E-state index in [4.69, 9.17) is 14.2 Å². The molecule has 0 radical (unpaired) electrons. The molecule has 1 atom stereocenters. The lowest BCUT2D eigenvalue weighted by Crippen LogP contribution is -2.37. The summed E-state index contributed by atoms with van der Waals surface area (Å²) in [4.78, 5) is 19.0. The number of carbonyl (C=O) groups excluding carboxylic acids is 1. The maximum absolute atomic E-state index is 12.4. The number of benzene rings is 1. The highest BCUT2D eigenvalue weighted by Gasteiger charge is 2.25. The molecular weight excluding hydrogens is 366 g/mol. The van der Waals surface area contributed by atoms with Crippen molar-refractivity contribution in [2.24, 2.45) is 0 Å². The molecule has 1 aliphatic rings. The second-order valence-electron chi connectivity index (χ2n) is 6.31. The van der Waals surface area contributed by atoms with Crippen LogP contribution in [0.3, 0.4) is 0 Å². The van der Waals surface area contributed by atoms with Crippen LogP contribution in [0.4, 0.5) is 5.13 Å². The summed E-state index contributed by atoms with van der Waals surface area (Å²) < 4.78 is 16.2. The Balaban J connectivity index is 1.55. The monoisotopic (exact) mass is 391 g/mol. The highest BCUT2D eigenvalue weighted by molar-refractivity contribution is 7.13. The van der Waals surface area contributed by atoms with Gasteiger partial charge in [-0.3, -0.25) is 4.79 Å². The Kier molecular flexibility index (Phi) is 6.39. The fourth-order valence-electron chi connectivity index (χ4n) is 3.33. The Morgan fingerprint density at radius 1 is 1.26 bits per heavy atom. The van der Waals surface area contributed by atoms with Gasteiger partial charge in [-0.25, -0.2) is 4.98 Å². The first kappa shape index (κ1) is 19.3. The van der Waals surface area contributed by atoms with Gasteiger partial charge >= 0.3 is 0 Å². The van der Waals surface area contributed by atoms with Crippen LogP contribution in [-0.2, 0) is 11.2 Å². The van der Waals surface area contributed by atoms with Crippen LogP contribution in [-0.4, -0.2) is 51.4 Å². The predicted molar refractivity (Wildman–Crippen MR) is 105 cm³/mol. The first-order chi connectivity index (χ1) is 13.2. The summed E-state index contributed by atoms with van der Waals surface area (Å²) in [5.41, 5.74) is 0.918. The molecular formula is C19H25N3O4S. The van der Waals surface area contributed by atoms with Crippen LogP contribution < -0.4 is 24.4 Å². The van der Waals surface area contributed by atoms with Gasteiger partial charge in [0.25, 0.3) is 0 Å². The smallest absolute Gasteiger partial charge is 0.220 e. The van der Waals surface area contributed by atoms with E-state index in [1.807, 2.05) is 23.7 Å². The zero-order valence-corrected chi connectivity index (χ0v) is 16.7. The maximum atomic E-state index is 12.4. The Labute approximate surface area is 163 Å². The number of methoxy groups -OCH3 is 3. The summed E-state index contributed by atoms with van der Waals surface area (Å²) in [5, 5.41) is 6.11. The molecule has 2 aromatic rings. The molecule has 1 amide bonds. The molecule has 1 aromatic heterocycles. The van der Waals surface area contributed by atoms with Gasteiger partial charge in [-0.2, -0.15) is 0 Å². The molecule has 1 saturated heterocycles. The predicted octanol–water partition coefficient (Wildman–Crippen LogP) is 2.50. The average molecular weight is 391 g/mol. The number of nitrogens with one attached hydrogen (secondary N) is 1. The van der Waals surface area contributed by atoms with Gasteiger partial charge < -0.3 is 24.4 Å². The summed E-state index contributed by atoms with van der Waals surface area (Å²) in [6.07, 6.45) is 3.70. The first-order valence-electron chi connectivity index (χ1n) is 8.88. The number of carbonyl (C=O) groups is 1. The Morgan fingerprint density at radius 3 is 2.74 bits per heavy atom. The fourth-order valence-corrected chi connectivity index (χ4v) is 4.01. The Morgan fingerprint density at radius 2 is 2.07 bits per heavy atom. The summed E-state index contributed by atoms with van der Waals surface area (Å²) in [6.45, 7) is 1.72. The minimum Gasteiger partial charge on any atom is -0.493 e. The van der Waals surface area contributed by atoms with Gasteiger partial charge in [0.1, 0.15) is 0 Å². The van der Waals surface area contributed by atoms with Crippen molar-refractivity contribution in [2.45, 2.75) is 25.3 Å². The quantitative estimate of drug-likeness (QED) is 0.745. The number of hydrogen-bond acceptors (Lipinski definition) is 7. The van der Waals surface area contributed by atoms with E-state index in [1.165, 1.54) is 0 Å². The van der Waals surface area contributed by atoms with Crippen molar-refractivity contribution < 1.29 is 19.0 Å². The molecule has 0 spiro atoms. The van der Waals surface area contributed by atoms with Crippen LogP contribution in [0.5, 0.6) is 17.2 Å². The molecule has 7 nitrogen and oxygen atoms in total. The van der Waals surface area contributed by atoms with E-state index in [0.29, 0.717) is 30.1 Å². The molecule has 1 N–H and O–H groups in total. The topological polar surface area (TPSA) is 72.9 Å². The molecule has 3 rings (SSSR count). The van der Waals surface area contributed by atoms with Gasteiger partial charge in [0, 0.05) is 37.1 Å². The molecule has 146 valence electrons. The van der Waals surface area contributed by atoms with Crippen LogP contribution in [0, 0.1) is 0 Å². The minimum atomic E-state index is 0.0397. The second kappa shape index (κ2) is 8.94. The van der Waals surface area contributed by atoms with E-state index in [0.717, 1.165) is 30.2 Å². The van der Waals surface area contributed by atoms with Gasteiger partial charge in [-0.05, 0) is 24.5 Å². The number of anilines is 1. The molecule has 27 heavy (non-hydrogen) atoms. The van der Waals surface area contributed by atoms with Gasteiger partial charge in [-0.1, -0.05) is 6.07 Å². The number of aromatic nitrogens is 1. The van der Waals surface area contributed by atoms with E-state index in [9.17, 15) is 4.79 Å². The average Bonchev–Trinajstić information content (AvgIpc) is 3.37. The summed E-state index contributed by atoms with van der Waals surface area (Å²) in [7, 11) is 4.75. The van der Waals surface area contributed by atoms with E-state index < -0.39 is 0 Å². The van der Waals surface area contributed by atoms with E-state index in [1.54, 1.807) is 32.7 Å². The highest BCUT2D eigenvalue weighted by Crippen LogP contribution is 2.40. The van der Waals surface area contributed by atoms with Crippen molar-refractivity contribution in [2.75, 3.05) is 39.3 Å². The normalized spacial score (nSPS) is 16.3. The Hall–Kier alpha value is -2.48. The molecule has 8 heteroatoms. The Bertz CT molecular complexity index is 767. The third kappa shape index (κ3) is 4.44. The SMILES string of the molecule is COc1ccc(CCC(=O)N[C@H]2CCN(c3nccs3)C2)c(OC)c1OC. The van der Waals surface area contributed by atoms with Gasteiger partial charge in [-0.15, -0.1) is 11.3 Å². The van der Waals surface area contributed by atoms with E-state index in [2.05, 4.69) is 15.2 Å². The van der Waals surface area contributed by atoms with Crippen molar-refractivity contribution in [3.63, 3.8) is 0 Å². The number of amides is 1. The molecule has 1 fully saturated rings. The van der Waals surface area contributed by atoms with Crippen molar-refractivity contribution in [1.29, 1.82) is 0 Å². The third-order valence-electron chi connectivity index (χ3n) is 4.65. The second-order valence-corrected chi connectivity index (χ2v) is 7.18. The third-order valence-corrected chi connectivity index (χ3v) is 5.48. The number of ether oxygens (including phenoxy) is 3. The lowest BCUT2D eigenvalue weighted by atomic mass is 10.1. The molecule has 0 bridgehead atoms. The highest BCUT2D eigenvalue weighted by atomic mass is 32.1. The van der Waals surface area contributed by atoms with Crippen LogP contribution in [0.1, 0.15) is 18.4 Å². The number of aryl methyl sites for hydroxylation is 1. The number of hydrogen-bond donors (Lipinski definition) is 1. The van der Waals surface area contributed by atoms with Crippen molar-refractivity contribution in [3.8, 4) is 17.2 Å². The lowest BCUT2D eigenvalue weighted by Gasteiger charge is -2.17. The van der Waals surface area contributed by atoms with Gasteiger partial charge in [0.15, 0.2) is 16.6 Å². The van der Waals surface area contributed by atoms with Crippen molar-refractivity contribution in [3.05, 3.63) is 29.3 Å². The van der Waals surface area contributed by atoms with Gasteiger partial charge in [0.2, 0.25) is 11.7 Å². The van der Waals surface area contributed by atoms with Crippen LogP contribution in [0.25, 0.3) is 0 Å². The number of rotatable bonds is 8. The van der Waals surface area contributed by atoms with Gasteiger partial charge in [0.05, 0.1) is 21.3 Å².